The number of nitrogens with one attached hydrogen (secondary N) is 2. The Kier molecular flexibility index (Phi) is 3.76. The van der Waals surface area contributed by atoms with Crippen LogP contribution in [0.4, 0.5) is 0 Å². The molecule has 0 bridgehead atoms. The van der Waals surface area contributed by atoms with Crippen LogP contribution in [0.25, 0.3) is 0 Å². The number of hydrogen-bond donors (Lipinski definition) is 2. The van der Waals surface area contributed by atoms with E-state index >= 15 is 0 Å². The molecule has 2 fully saturated rings. The van der Waals surface area contributed by atoms with Crippen LogP contribution >= 0.6 is 0 Å². The van der Waals surface area contributed by atoms with Crippen LogP contribution < -0.4 is 10.6 Å². The molecule has 1 saturated heterocycles. The predicted octanol–water partition coefficient (Wildman–Crippen LogP) is 1.60. The number of piperidine rings is 1. The third-order valence-corrected chi connectivity index (χ3v) is 4.35. The van der Waals surface area contributed by atoms with Crippen molar-refractivity contribution in [2.75, 3.05) is 0 Å². The van der Waals surface area contributed by atoms with Crippen LogP contribution in [0.3, 0.4) is 0 Å². The van der Waals surface area contributed by atoms with E-state index < -0.39 is 0 Å². The van der Waals surface area contributed by atoms with E-state index in [-0.39, 0.29) is 17.9 Å². The largest absolute Gasteiger partial charge is 0.303 e. The van der Waals surface area contributed by atoms with E-state index in [1.165, 1.54) is 12.8 Å². The molecule has 1 aliphatic carbocycles. The molecule has 2 amide bonds. The van der Waals surface area contributed by atoms with E-state index in [4.69, 9.17) is 0 Å². The van der Waals surface area contributed by atoms with Crippen LogP contribution in [0.5, 0.6) is 0 Å². The van der Waals surface area contributed by atoms with Crippen LogP contribution in [-0.2, 0) is 9.59 Å². The second-order valence-corrected chi connectivity index (χ2v) is 6.66. The molecule has 2 N–H and O–H groups in total. The topological polar surface area (TPSA) is 58.2 Å². The highest BCUT2D eigenvalue weighted by molar-refractivity contribution is 6.00. The van der Waals surface area contributed by atoms with Crippen molar-refractivity contribution in [1.82, 2.24) is 10.6 Å². The third kappa shape index (κ3) is 3.10. The van der Waals surface area contributed by atoms with Gasteiger partial charge in [0.1, 0.15) is 0 Å². The number of hydrogen-bond acceptors (Lipinski definition) is 3. The molecule has 0 radical (unpaired) electrons. The molecule has 4 heteroatoms. The highest BCUT2D eigenvalue weighted by Gasteiger charge is 2.35. The van der Waals surface area contributed by atoms with Crippen LogP contribution in [0.15, 0.2) is 0 Å². The van der Waals surface area contributed by atoms with Gasteiger partial charge < -0.3 is 5.32 Å². The summed E-state index contributed by atoms with van der Waals surface area (Å²) < 4.78 is 0. The average molecular weight is 252 g/mol. The minimum atomic E-state index is -0.184. The molecule has 0 aromatic rings. The summed E-state index contributed by atoms with van der Waals surface area (Å²) in [4.78, 5) is 22.8. The van der Waals surface area contributed by atoms with Gasteiger partial charge in [0.05, 0.1) is 6.04 Å². The number of rotatable bonds is 2. The molecule has 18 heavy (non-hydrogen) atoms. The normalized spacial score (nSPS) is 36.3. The smallest absolute Gasteiger partial charge is 0.243 e. The van der Waals surface area contributed by atoms with Crippen molar-refractivity contribution in [3.8, 4) is 0 Å². The standard InChI is InChI=1S/C14H24N2O2/c1-9-8-14(2,3)7-6-10(9)15-11-4-5-12(17)16-13(11)18/h9-11,15H,4-8H2,1-3H3,(H,16,17,18). The van der Waals surface area contributed by atoms with E-state index in [2.05, 4.69) is 31.4 Å². The van der Waals surface area contributed by atoms with E-state index in [1.54, 1.807) is 0 Å². The highest BCUT2D eigenvalue weighted by Crippen LogP contribution is 2.38. The maximum absolute atomic E-state index is 11.7. The summed E-state index contributed by atoms with van der Waals surface area (Å²) >= 11 is 0. The molecule has 2 aliphatic rings. The Labute approximate surface area is 109 Å². The minimum absolute atomic E-state index is 0.143. The van der Waals surface area contributed by atoms with Crippen molar-refractivity contribution < 1.29 is 9.59 Å². The van der Waals surface area contributed by atoms with Gasteiger partial charge >= 0.3 is 0 Å². The summed E-state index contributed by atoms with van der Waals surface area (Å²) in [6.45, 7) is 6.88. The van der Waals surface area contributed by atoms with Crippen molar-refractivity contribution in [2.45, 2.75) is 65.0 Å². The molecule has 1 saturated carbocycles. The first-order chi connectivity index (χ1) is 8.37. The van der Waals surface area contributed by atoms with Gasteiger partial charge in [-0.25, -0.2) is 0 Å². The Morgan fingerprint density at radius 1 is 1.28 bits per heavy atom. The van der Waals surface area contributed by atoms with Crippen molar-refractivity contribution >= 4 is 11.8 Å². The third-order valence-electron chi connectivity index (χ3n) is 4.35. The predicted molar refractivity (Wildman–Crippen MR) is 69.9 cm³/mol. The van der Waals surface area contributed by atoms with Gasteiger partial charge in [-0.2, -0.15) is 0 Å². The molecule has 1 aliphatic heterocycles. The number of carbonyl (C=O) groups is 2. The quantitative estimate of drug-likeness (QED) is 0.734. The summed E-state index contributed by atoms with van der Waals surface area (Å²) in [6.07, 6.45) is 4.60. The first-order valence-electron chi connectivity index (χ1n) is 6.97. The monoisotopic (exact) mass is 252 g/mol. The number of imide groups is 1. The Morgan fingerprint density at radius 3 is 2.61 bits per heavy atom. The van der Waals surface area contributed by atoms with Crippen LogP contribution in [0.1, 0.15) is 52.9 Å². The average Bonchev–Trinajstić information content (AvgIpc) is 2.24. The second-order valence-electron chi connectivity index (χ2n) is 6.66. The molecule has 1 heterocycles. The Hall–Kier alpha value is -0.900. The van der Waals surface area contributed by atoms with Crippen molar-refractivity contribution in [3.63, 3.8) is 0 Å². The van der Waals surface area contributed by atoms with E-state index in [0.717, 1.165) is 6.42 Å². The lowest BCUT2D eigenvalue weighted by molar-refractivity contribution is -0.135. The second kappa shape index (κ2) is 5.00. The molecule has 3 unspecified atom stereocenters. The number of amides is 2. The summed E-state index contributed by atoms with van der Waals surface area (Å²) in [6, 6.07) is 0.221. The molecule has 2 rings (SSSR count). The zero-order chi connectivity index (χ0) is 13.3. The maximum atomic E-state index is 11.7. The van der Waals surface area contributed by atoms with Crippen molar-refractivity contribution in [1.29, 1.82) is 0 Å². The van der Waals surface area contributed by atoms with Gasteiger partial charge in [0.15, 0.2) is 0 Å². The van der Waals surface area contributed by atoms with Crippen LogP contribution in [0.2, 0.25) is 0 Å². The van der Waals surface area contributed by atoms with Crippen LogP contribution in [0, 0.1) is 11.3 Å². The van der Waals surface area contributed by atoms with Gasteiger partial charge in [0.2, 0.25) is 11.8 Å². The SMILES string of the molecule is CC1CC(C)(C)CCC1NC1CCC(=O)NC1=O. The fourth-order valence-corrected chi connectivity index (χ4v) is 3.31. The lowest BCUT2D eigenvalue weighted by atomic mass is 9.70. The summed E-state index contributed by atoms with van der Waals surface area (Å²) in [7, 11) is 0. The minimum Gasteiger partial charge on any atom is -0.303 e. The van der Waals surface area contributed by atoms with Crippen LogP contribution in [-0.4, -0.2) is 23.9 Å². The Morgan fingerprint density at radius 2 is 2.00 bits per heavy atom. The maximum Gasteiger partial charge on any atom is 0.243 e. The van der Waals surface area contributed by atoms with Gasteiger partial charge in [-0.05, 0) is 37.0 Å². The van der Waals surface area contributed by atoms with Gasteiger partial charge in [-0.15, -0.1) is 0 Å². The lowest BCUT2D eigenvalue weighted by Gasteiger charge is -2.41. The highest BCUT2D eigenvalue weighted by atomic mass is 16.2. The summed E-state index contributed by atoms with van der Waals surface area (Å²) in [5.41, 5.74) is 0.419. The molecule has 3 atom stereocenters. The number of carbonyl (C=O) groups excluding carboxylic acids is 2. The van der Waals surface area contributed by atoms with E-state index in [1.807, 2.05) is 0 Å². The molecule has 0 spiro atoms. The van der Waals surface area contributed by atoms with E-state index in [9.17, 15) is 9.59 Å². The first kappa shape index (κ1) is 13.5. The van der Waals surface area contributed by atoms with Gasteiger partial charge in [-0.3, -0.25) is 14.9 Å². The molecular formula is C14H24N2O2. The van der Waals surface area contributed by atoms with Gasteiger partial charge in [0, 0.05) is 12.5 Å². The zero-order valence-electron chi connectivity index (χ0n) is 11.6. The van der Waals surface area contributed by atoms with Gasteiger partial charge in [-0.1, -0.05) is 20.8 Å². The Bertz CT molecular complexity index is 352. The van der Waals surface area contributed by atoms with E-state index in [0.29, 0.717) is 30.2 Å². The fourth-order valence-electron chi connectivity index (χ4n) is 3.31. The molecule has 0 aromatic heterocycles. The van der Waals surface area contributed by atoms with Crippen molar-refractivity contribution in [3.05, 3.63) is 0 Å². The fraction of sp³-hybridized carbons (Fsp3) is 0.857. The summed E-state index contributed by atoms with van der Waals surface area (Å²) in [5, 5.41) is 5.86. The first-order valence-corrected chi connectivity index (χ1v) is 6.97. The molecule has 0 aromatic carbocycles. The lowest BCUT2D eigenvalue weighted by Crippen LogP contribution is -2.55. The van der Waals surface area contributed by atoms with Crippen molar-refractivity contribution in [2.24, 2.45) is 11.3 Å². The molecule has 102 valence electrons. The summed E-state index contributed by atoms with van der Waals surface area (Å²) in [5.74, 6) is 0.290. The molecular weight excluding hydrogens is 228 g/mol. The van der Waals surface area contributed by atoms with Gasteiger partial charge in [0.25, 0.3) is 0 Å². The molecule has 4 nitrogen and oxygen atoms in total. The zero-order valence-corrected chi connectivity index (χ0v) is 11.6. The Balaban J connectivity index is 1.90.